The first-order valence-corrected chi connectivity index (χ1v) is 7.72. The Kier molecular flexibility index (Phi) is 2.88. The molecular weight excluding hydrogens is 270 g/mol. The second-order valence-corrected chi connectivity index (χ2v) is 5.80. The lowest BCUT2D eigenvalue weighted by Gasteiger charge is -2.20. The quantitative estimate of drug-likeness (QED) is 0.623. The van der Waals surface area contributed by atoms with Gasteiger partial charge in [0, 0.05) is 5.56 Å². The molecule has 0 fully saturated rings. The lowest BCUT2D eigenvalue weighted by Crippen LogP contribution is -2.34. The summed E-state index contributed by atoms with van der Waals surface area (Å²) in [5, 5.41) is 0. The van der Waals surface area contributed by atoms with Gasteiger partial charge in [-0.25, -0.2) is 4.57 Å². The molecule has 0 amide bonds. The minimum atomic E-state index is 0.674. The minimum absolute atomic E-state index is 0.674. The van der Waals surface area contributed by atoms with Crippen LogP contribution in [0.25, 0.3) is 11.3 Å². The molecule has 4 heteroatoms. The van der Waals surface area contributed by atoms with E-state index in [0.717, 1.165) is 32.5 Å². The number of hydrogen-bond donors (Lipinski definition) is 0. The van der Waals surface area contributed by atoms with E-state index in [2.05, 4.69) is 33.7 Å². The molecule has 0 unspecified atom stereocenters. The van der Waals surface area contributed by atoms with Crippen molar-refractivity contribution in [1.29, 1.82) is 0 Å². The summed E-state index contributed by atoms with van der Waals surface area (Å²) in [4.78, 5) is 7.13. The highest BCUT2D eigenvalue weighted by molar-refractivity contribution is 6.18. The van der Waals surface area contributed by atoms with Crippen LogP contribution in [0, 0.1) is 0 Å². The van der Waals surface area contributed by atoms with Crippen LogP contribution in [0.5, 0.6) is 0 Å². The molecule has 102 valence electrons. The molecule has 0 N–H and O–H groups in total. The third-order valence-corrected chi connectivity index (χ3v) is 4.50. The van der Waals surface area contributed by atoms with E-state index in [4.69, 9.17) is 16.6 Å². The number of halogens is 1. The number of benzene rings is 1. The second-order valence-electron chi connectivity index (χ2n) is 5.42. The maximum Gasteiger partial charge on any atom is 0.230 e. The SMILES string of the molecule is ClCCN1CC[n+]2cnc3c(c21)CCc1ccccc1-3. The van der Waals surface area contributed by atoms with Crippen molar-refractivity contribution in [3.63, 3.8) is 0 Å². The van der Waals surface area contributed by atoms with Crippen LogP contribution in [0.1, 0.15) is 11.1 Å². The summed E-state index contributed by atoms with van der Waals surface area (Å²) < 4.78 is 2.28. The normalized spacial score (nSPS) is 15.8. The molecule has 20 heavy (non-hydrogen) atoms. The monoisotopic (exact) mass is 286 g/mol. The van der Waals surface area contributed by atoms with Crippen molar-refractivity contribution in [3.8, 4) is 11.3 Å². The molecule has 1 aromatic carbocycles. The Labute approximate surface area is 123 Å². The van der Waals surface area contributed by atoms with Crippen LogP contribution in [0.2, 0.25) is 0 Å². The van der Waals surface area contributed by atoms with Crippen molar-refractivity contribution in [2.75, 3.05) is 23.9 Å². The molecule has 1 aliphatic heterocycles. The van der Waals surface area contributed by atoms with E-state index in [0.29, 0.717) is 5.88 Å². The van der Waals surface area contributed by atoms with Crippen LogP contribution in [0.4, 0.5) is 5.82 Å². The van der Waals surface area contributed by atoms with Crippen LogP contribution in [0.3, 0.4) is 0 Å². The standard InChI is InChI=1S/C16H17ClN3/c17-7-8-19-9-10-20-11-18-15-13-4-2-1-3-12(13)5-6-14(15)16(19)20/h1-4,11H,5-10H2/q+1. The number of aryl methyl sites for hydroxylation is 1. The number of fused-ring (bicyclic) bond motifs is 5. The fraction of sp³-hybridized carbons (Fsp3) is 0.375. The highest BCUT2D eigenvalue weighted by atomic mass is 35.5. The zero-order chi connectivity index (χ0) is 13.5. The van der Waals surface area contributed by atoms with E-state index in [9.17, 15) is 0 Å². The molecule has 2 aromatic rings. The lowest BCUT2D eigenvalue weighted by atomic mass is 9.89. The molecule has 0 saturated carbocycles. The summed E-state index contributed by atoms with van der Waals surface area (Å²) in [5.41, 5.74) is 5.28. The zero-order valence-corrected chi connectivity index (χ0v) is 12.1. The first-order valence-electron chi connectivity index (χ1n) is 7.19. The Hall–Kier alpha value is -1.61. The molecule has 1 aromatic heterocycles. The van der Waals surface area contributed by atoms with Crippen LogP contribution in [-0.2, 0) is 19.4 Å². The summed E-state index contributed by atoms with van der Waals surface area (Å²) in [6.45, 7) is 2.99. The van der Waals surface area contributed by atoms with Crippen molar-refractivity contribution in [2.45, 2.75) is 19.4 Å². The van der Waals surface area contributed by atoms with E-state index < -0.39 is 0 Å². The predicted molar refractivity (Wildman–Crippen MR) is 80.2 cm³/mol. The largest absolute Gasteiger partial charge is 0.288 e. The van der Waals surface area contributed by atoms with E-state index in [-0.39, 0.29) is 0 Å². The third kappa shape index (κ3) is 1.73. The van der Waals surface area contributed by atoms with Crippen molar-refractivity contribution >= 4 is 17.4 Å². The first kappa shape index (κ1) is 12.2. The summed E-state index contributed by atoms with van der Waals surface area (Å²) in [5.74, 6) is 2.01. The highest BCUT2D eigenvalue weighted by Crippen LogP contribution is 2.35. The average Bonchev–Trinajstić information content (AvgIpc) is 2.91. The smallest absolute Gasteiger partial charge is 0.230 e. The van der Waals surface area contributed by atoms with Gasteiger partial charge in [0.2, 0.25) is 12.1 Å². The van der Waals surface area contributed by atoms with Gasteiger partial charge in [0.1, 0.15) is 6.54 Å². The van der Waals surface area contributed by atoms with Crippen LogP contribution in [0.15, 0.2) is 30.6 Å². The van der Waals surface area contributed by atoms with Crippen LogP contribution < -0.4 is 9.47 Å². The van der Waals surface area contributed by atoms with Gasteiger partial charge in [-0.1, -0.05) is 24.3 Å². The number of aromatic nitrogens is 2. The Morgan fingerprint density at radius 3 is 3.05 bits per heavy atom. The first-order chi connectivity index (χ1) is 9.88. The summed E-state index contributed by atoms with van der Waals surface area (Å²) in [7, 11) is 0. The maximum atomic E-state index is 5.95. The maximum absolute atomic E-state index is 5.95. The molecule has 2 heterocycles. The molecule has 0 radical (unpaired) electrons. The molecule has 0 spiro atoms. The van der Waals surface area contributed by atoms with Gasteiger partial charge < -0.3 is 0 Å². The molecular formula is C16H17ClN3+. The lowest BCUT2D eigenvalue weighted by molar-refractivity contribution is -0.674. The molecule has 3 nitrogen and oxygen atoms in total. The number of alkyl halides is 1. The van der Waals surface area contributed by atoms with E-state index in [1.165, 1.54) is 28.2 Å². The van der Waals surface area contributed by atoms with Crippen LogP contribution in [-0.4, -0.2) is 24.0 Å². The van der Waals surface area contributed by atoms with E-state index in [1.807, 2.05) is 6.33 Å². The predicted octanol–water partition coefficient (Wildman–Crippen LogP) is 2.19. The van der Waals surface area contributed by atoms with Gasteiger partial charge in [-0.3, -0.25) is 4.90 Å². The van der Waals surface area contributed by atoms with Gasteiger partial charge in [-0.05, 0) is 18.4 Å². The van der Waals surface area contributed by atoms with Crippen molar-refractivity contribution in [3.05, 3.63) is 41.7 Å². The van der Waals surface area contributed by atoms with Crippen LogP contribution >= 0.6 is 11.6 Å². The number of nitrogens with zero attached hydrogens (tertiary/aromatic N) is 3. The third-order valence-electron chi connectivity index (χ3n) is 4.34. The second kappa shape index (κ2) is 4.74. The van der Waals surface area contributed by atoms with E-state index >= 15 is 0 Å². The van der Waals surface area contributed by atoms with E-state index in [1.54, 1.807) is 0 Å². The Morgan fingerprint density at radius 1 is 1.25 bits per heavy atom. The van der Waals surface area contributed by atoms with Gasteiger partial charge in [0.25, 0.3) is 0 Å². The summed E-state index contributed by atoms with van der Waals surface area (Å²) in [6, 6.07) is 8.63. The van der Waals surface area contributed by atoms with Crippen molar-refractivity contribution in [2.24, 2.45) is 0 Å². The molecule has 1 aliphatic carbocycles. The number of hydrogen-bond acceptors (Lipinski definition) is 2. The molecule has 4 rings (SSSR count). The summed E-state index contributed by atoms with van der Waals surface area (Å²) in [6.07, 6.45) is 4.18. The van der Waals surface area contributed by atoms with Crippen molar-refractivity contribution in [1.82, 2.24) is 4.98 Å². The summed E-state index contributed by atoms with van der Waals surface area (Å²) >= 11 is 5.95. The Bertz CT molecular complexity index is 667. The number of rotatable bonds is 2. The van der Waals surface area contributed by atoms with Gasteiger partial charge in [-0.2, -0.15) is 0 Å². The minimum Gasteiger partial charge on any atom is -0.288 e. The Balaban J connectivity index is 1.89. The zero-order valence-electron chi connectivity index (χ0n) is 11.3. The van der Waals surface area contributed by atoms with Gasteiger partial charge in [0.15, 0.2) is 5.69 Å². The van der Waals surface area contributed by atoms with Gasteiger partial charge in [-0.15, -0.1) is 16.6 Å². The fourth-order valence-corrected chi connectivity index (χ4v) is 3.62. The molecule has 0 atom stereocenters. The number of anilines is 1. The average molecular weight is 287 g/mol. The molecule has 0 saturated heterocycles. The van der Waals surface area contributed by atoms with Gasteiger partial charge >= 0.3 is 0 Å². The fourth-order valence-electron chi connectivity index (χ4n) is 3.42. The van der Waals surface area contributed by atoms with Gasteiger partial charge in [0.05, 0.1) is 24.5 Å². The molecule has 0 bridgehead atoms. The molecule has 2 aliphatic rings. The highest BCUT2D eigenvalue weighted by Gasteiger charge is 2.33. The van der Waals surface area contributed by atoms with Crippen molar-refractivity contribution < 1.29 is 4.57 Å². The Morgan fingerprint density at radius 2 is 2.15 bits per heavy atom. The topological polar surface area (TPSA) is 20.0 Å².